The molecule has 0 radical (unpaired) electrons. The molecule has 0 aliphatic carbocycles. The second-order valence-corrected chi connectivity index (χ2v) is 7.48. The van der Waals surface area contributed by atoms with Crippen LogP contribution in [0.5, 0.6) is 11.5 Å². The minimum Gasteiger partial charge on any atom is -0.493 e. The number of rotatable bonds is 10. The van der Waals surface area contributed by atoms with Gasteiger partial charge in [0, 0.05) is 20.1 Å². The van der Waals surface area contributed by atoms with Crippen molar-refractivity contribution in [2.45, 2.75) is 39.0 Å². The molecule has 0 bridgehead atoms. The van der Waals surface area contributed by atoms with Crippen LogP contribution in [-0.2, 0) is 6.42 Å². The molecule has 1 aliphatic heterocycles. The van der Waals surface area contributed by atoms with E-state index in [0.29, 0.717) is 6.61 Å². The normalized spacial score (nSPS) is 15.5. The number of guanidine groups is 1. The van der Waals surface area contributed by atoms with Crippen LogP contribution in [-0.4, -0.2) is 64.9 Å². The zero-order valence-electron chi connectivity index (χ0n) is 18.5. The van der Waals surface area contributed by atoms with E-state index in [1.54, 1.807) is 7.11 Å². The van der Waals surface area contributed by atoms with Crippen LogP contribution in [0.15, 0.2) is 23.2 Å². The van der Waals surface area contributed by atoms with Crippen LogP contribution >= 0.6 is 24.0 Å². The van der Waals surface area contributed by atoms with Crippen molar-refractivity contribution in [2.75, 3.05) is 54.0 Å². The highest BCUT2D eigenvalue weighted by atomic mass is 127. The maximum Gasteiger partial charge on any atom is 0.190 e. The van der Waals surface area contributed by atoms with Gasteiger partial charge in [0.2, 0.25) is 0 Å². The fraction of sp³-hybridized carbons (Fsp3) is 0.682. The summed E-state index contributed by atoms with van der Waals surface area (Å²) >= 11 is 0. The Bertz CT molecular complexity index is 604. The Kier molecular flexibility index (Phi) is 13.1. The van der Waals surface area contributed by atoms with E-state index >= 15 is 0 Å². The standard InChI is InChI=1S/C22H38N4O2.HI/c1-5-28-21-17-19(8-9-20(21)27-4)7-6-13-24-22(23-2)25-14-10-18-11-15-26(3)16-12-18;/h8-9,17-18H,5-7,10-16H2,1-4H3,(H2,23,24,25);1H. The molecule has 1 aromatic carbocycles. The van der Waals surface area contributed by atoms with Gasteiger partial charge in [0.1, 0.15) is 0 Å². The Hall–Kier alpha value is -1.22. The number of methoxy groups -OCH3 is 1. The highest BCUT2D eigenvalue weighted by Gasteiger charge is 2.16. The van der Waals surface area contributed by atoms with Gasteiger partial charge < -0.3 is 25.0 Å². The van der Waals surface area contributed by atoms with E-state index in [4.69, 9.17) is 9.47 Å². The van der Waals surface area contributed by atoms with Gasteiger partial charge in [-0.25, -0.2) is 0 Å². The first kappa shape index (κ1) is 25.8. The average Bonchev–Trinajstić information content (AvgIpc) is 2.71. The van der Waals surface area contributed by atoms with Crippen LogP contribution < -0.4 is 20.1 Å². The predicted molar refractivity (Wildman–Crippen MR) is 132 cm³/mol. The lowest BCUT2D eigenvalue weighted by molar-refractivity contribution is 0.213. The second-order valence-electron chi connectivity index (χ2n) is 7.48. The SMILES string of the molecule is CCOc1cc(CCCNC(=NC)NCCC2CCN(C)CC2)ccc1OC.I. The molecule has 1 heterocycles. The van der Waals surface area contributed by atoms with Gasteiger partial charge in [-0.3, -0.25) is 4.99 Å². The molecule has 1 saturated heterocycles. The maximum absolute atomic E-state index is 5.66. The Morgan fingerprint density at radius 3 is 2.55 bits per heavy atom. The zero-order chi connectivity index (χ0) is 20.2. The Morgan fingerprint density at radius 2 is 1.90 bits per heavy atom. The summed E-state index contributed by atoms with van der Waals surface area (Å²) < 4.78 is 11.0. The first-order valence-electron chi connectivity index (χ1n) is 10.6. The first-order chi connectivity index (χ1) is 13.7. The quantitative estimate of drug-likeness (QED) is 0.215. The van der Waals surface area contributed by atoms with E-state index in [2.05, 4.69) is 39.7 Å². The molecule has 29 heavy (non-hydrogen) atoms. The molecule has 1 fully saturated rings. The molecule has 2 N–H and O–H groups in total. The van der Waals surface area contributed by atoms with E-state index in [1.807, 2.05) is 20.0 Å². The summed E-state index contributed by atoms with van der Waals surface area (Å²) in [6.45, 7) is 6.97. The smallest absolute Gasteiger partial charge is 0.190 e. The van der Waals surface area contributed by atoms with E-state index < -0.39 is 0 Å². The van der Waals surface area contributed by atoms with Crippen molar-refractivity contribution >= 4 is 29.9 Å². The molecule has 0 atom stereocenters. The number of piperidine rings is 1. The lowest BCUT2D eigenvalue weighted by Gasteiger charge is -2.29. The number of halogens is 1. The molecule has 0 aromatic heterocycles. The molecule has 1 aliphatic rings. The van der Waals surface area contributed by atoms with Crippen LogP contribution in [0.25, 0.3) is 0 Å². The van der Waals surface area contributed by atoms with Gasteiger partial charge in [0.15, 0.2) is 17.5 Å². The van der Waals surface area contributed by atoms with E-state index in [1.165, 1.54) is 37.9 Å². The van der Waals surface area contributed by atoms with Crippen LogP contribution in [0.3, 0.4) is 0 Å². The summed E-state index contributed by atoms with van der Waals surface area (Å²) in [6, 6.07) is 6.17. The van der Waals surface area contributed by atoms with Gasteiger partial charge in [0.05, 0.1) is 13.7 Å². The van der Waals surface area contributed by atoms with Crippen LogP contribution in [0.1, 0.15) is 38.2 Å². The monoisotopic (exact) mass is 518 g/mol. The summed E-state index contributed by atoms with van der Waals surface area (Å²) in [5.74, 6) is 3.36. The fourth-order valence-electron chi connectivity index (χ4n) is 3.61. The number of nitrogens with one attached hydrogen (secondary N) is 2. The number of likely N-dealkylation sites (tertiary alicyclic amines) is 1. The number of hydrogen-bond donors (Lipinski definition) is 2. The number of nitrogens with zero attached hydrogens (tertiary/aromatic N) is 2. The molecule has 6 nitrogen and oxygen atoms in total. The number of aliphatic imine (C=N–C) groups is 1. The number of ether oxygens (including phenoxy) is 2. The highest BCUT2D eigenvalue weighted by Crippen LogP contribution is 2.28. The third-order valence-corrected chi connectivity index (χ3v) is 5.37. The molecule has 0 spiro atoms. The molecular formula is C22H39IN4O2. The van der Waals surface area contributed by atoms with Crippen molar-refractivity contribution in [2.24, 2.45) is 10.9 Å². The molecule has 0 amide bonds. The Morgan fingerprint density at radius 1 is 1.17 bits per heavy atom. The summed E-state index contributed by atoms with van der Waals surface area (Å²) in [5, 5.41) is 6.88. The van der Waals surface area contributed by atoms with Gasteiger partial charge in [-0.15, -0.1) is 24.0 Å². The second kappa shape index (κ2) is 14.7. The molecule has 0 saturated carbocycles. The van der Waals surface area contributed by atoms with Crippen LogP contribution in [0.2, 0.25) is 0 Å². The highest BCUT2D eigenvalue weighted by molar-refractivity contribution is 14.0. The minimum absolute atomic E-state index is 0. The van der Waals surface area contributed by atoms with E-state index in [0.717, 1.165) is 49.3 Å². The molecule has 7 heteroatoms. The third-order valence-electron chi connectivity index (χ3n) is 5.37. The van der Waals surface area contributed by atoms with Crippen molar-refractivity contribution in [1.29, 1.82) is 0 Å². The van der Waals surface area contributed by atoms with Crippen LogP contribution in [0.4, 0.5) is 0 Å². The predicted octanol–water partition coefficient (Wildman–Crippen LogP) is 3.54. The third kappa shape index (κ3) is 9.42. The van der Waals surface area contributed by atoms with E-state index in [-0.39, 0.29) is 24.0 Å². The topological polar surface area (TPSA) is 58.1 Å². The molecular weight excluding hydrogens is 479 g/mol. The van der Waals surface area contributed by atoms with Crippen molar-refractivity contribution in [1.82, 2.24) is 15.5 Å². The van der Waals surface area contributed by atoms with Gasteiger partial charge >= 0.3 is 0 Å². The molecule has 166 valence electrons. The Labute approximate surface area is 193 Å². The van der Waals surface area contributed by atoms with Gasteiger partial charge in [-0.1, -0.05) is 6.07 Å². The first-order valence-corrected chi connectivity index (χ1v) is 10.6. The lowest BCUT2D eigenvalue weighted by Crippen LogP contribution is -2.39. The molecule has 2 rings (SSSR count). The number of benzene rings is 1. The number of hydrogen-bond acceptors (Lipinski definition) is 4. The van der Waals surface area contributed by atoms with Crippen molar-refractivity contribution < 1.29 is 9.47 Å². The zero-order valence-corrected chi connectivity index (χ0v) is 20.8. The van der Waals surface area contributed by atoms with Crippen molar-refractivity contribution in [3.63, 3.8) is 0 Å². The van der Waals surface area contributed by atoms with Crippen molar-refractivity contribution in [3.05, 3.63) is 23.8 Å². The average molecular weight is 518 g/mol. The van der Waals surface area contributed by atoms with Gasteiger partial charge in [-0.2, -0.15) is 0 Å². The largest absolute Gasteiger partial charge is 0.493 e. The maximum atomic E-state index is 5.66. The molecule has 0 unspecified atom stereocenters. The molecule has 1 aromatic rings. The van der Waals surface area contributed by atoms with Crippen molar-refractivity contribution in [3.8, 4) is 11.5 Å². The summed E-state index contributed by atoms with van der Waals surface area (Å²) in [5.41, 5.74) is 1.26. The lowest BCUT2D eigenvalue weighted by atomic mass is 9.94. The van der Waals surface area contributed by atoms with Gasteiger partial charge in [0.25, 0.3) is 0 Å². The van der Waals surface area contributed by atoms with Gasteiger partial charge in [-0.05, 0) is 82.8 Å². The number of aryl methyl sites for hydroxylation is 1. The minimum atomic E-state index is 0. The summed E-state index contributed by atoms with van der Waals surface area (Å²) in [7, 11) is 5.72. The Balaban J connectivity index is 0.00000420. The fourth-order valence-corrected chi connectivity index (χ4v) is 3.61. The summed E-state index contributed by atoms with van der Waals surface area (Å²) in [4.78, 5) is 6.76. The van der Waals surface area contributed by atoms with E-state index in [9.17, 15) is 0 Å². The summed E-state index contributed by atoms with van der Waals surface area (Å²) in [6.07, 6.45) is 5.88. The van der Waals surface area contributed by atoms with Crippen LogP contribution in [0, 0.1) is 5.92 Å².